The highest BCUT2D eigenvalue weighted by Crippen LogP contribution is 2.27. The lowest BCUT2D eigenvalue weighted by atomic mass is 10.0. The number of carbonyl (C=O) groups excluding carboxylic acids is 1. The van der Waals surface area contributed by atoms with Gasteiger partial charge in [-0.05, 0) is 29.8 Å². The molecule has 0 aromatic heterocycles. The average Bonchev–Trinajstić information content (AvgIpc) is 2.72. The van der Waals surface area contributed by atoms with Crippen LogP contribution in [0.3, 0.4) is 0 Å². The lowest BCUT2D eigenvalue weighted by Crippen LogP contribution is -2.31. The predicted octanol–water partition coefficient (Wildman–Crippen LogP) is 4.88. The maximum atomic E-state index is 12.9. The smallest absolute Gasteiger partial charge is 0.429 e. The van der Waals surface area contributed by atoms with Crippen LogP contribution in [0.1, 0.15) is 29.3 Å². The van der Waals surface area contributed by atoms with Crippen molar-refractivity contribution < 1.29 is 27.9 Å². The molecule has 0 bridgehead atoms. The Bertz CT molecular complexity index is 1000. The van der Waals surface area contributed by atoms with Crippen LogP contribution in [0.15, 0.2) is 53.5 Å². The van der Waals surface area contributed by atoms with E-state index in [4.69, 9.17) is 22.1 Å². The number of carboxylic acid groups (broad SMARTS) is 1. The van der Waals surface area contributed by atoms with Gasteiger partial charge in [0.15, 0.2) is 0 Å². The number of halogens is 4. The molecule has 0 aliphatic carbocycles. The Labute approximate surface area is 181 Å². The van der Waals surface area contributed by atoms with E-state index in [1.165, 1.54) is 37.3 Å². The molecule has 2 aromatic rings. The molecule has 164 valence electrons. The van der Waals surface area contributed by atoms with E-state index in [2.05, 4.69) is 10.3 Å². The molecular weight excluding hydrogens is 435 g/mol. The van der Waals surface area contributed by atoms with Gasteiger partial charge in [-0.2, -0.15) is 13.2 Å². The number of carbonyl (C=O) groups is 2. The van der Waals surface area contributed by atoms with E-state index in [9.17, 15) is 22.8 Å². The number of hydrogen-bond donors (Lipinski definition) is 3. The van der Waals surface area contributed by atoms with Gasteiger partial charge in [-0.3, -0.25) is 14.6 Å². The number of hydrogen-bond acceptors (Lipinski definition) is 4. The molecule has 0 radical (unpaired) electrons. The normalized spacial score (nSPS) is 12.9. The van der Waals surface area contributed by atoms with Crippen LogP contribution in [-0.4, -0.2) is 41.1 Å². The van der Waals surface area contributed by atoms with E-state index in [0.717, 1.165) is 0 Å². The van der Waals surface area contributed by atoms with Crippen molar-refractivity contribution in [3.05, 3.63) is 64.7 Å². The second kappa shape index (κ2) is 10.2. The third-order valence-electron chi connectivity index (χ3n) is 4.26. The molecule has 6 nitrogen and oxygen atoms in total. The highest BCUT2D eigenvalue weighted by molar-refractivity contribution is 6.33. The highest BCUT2D eigenvalue weighted by Gasteiger charge is 2.35. The number of rotatable bonds is 8. The summed E-state index contributed by atoms with van der Waals surface area (Å²) in [5, 5.41) is 18.9. The summed E-state index contributed by atoms with van der Waals surface area (Å²) in [5.41, 5.74) is -0.781. The van der Waals surface area contributed by atoms with Gasteiger partial charge in [0.05, 0.1) is 22.3 Å². The Morgan fingerprint density at radius 3 is 2.26 bits per heavy atom. The molecule has 0 saturated heterocycles. The van der Waals surface area contributed by atoms with Crippen LogP contribution in [0.5, 0.6) is 0 Å². The third-order valence-corrected chi connectivity index (χ3v) is 4.58. The fourth-order valence-corrected chi connectivity index (χ4v) is 2.59. The number of alkyl halides is 3. The van der Waals surface area contributed by atoms with Gasteiger partial charge in [-0.25, -0.2) is 0 Å². The van der Waals surface area contributed by atoms with Gasteiger partial charge >= 0.3 is 12.1 Å². The van der Waals surface area contributed by atoms with Crippen molar-refractivity contribution in [1.29, 1.82) is 5.41 Å². The third kappa shape index (κ3) is 6.92. The van der Waals surface area contributed by atoms with Gasteiger partial charge in [0.2, 0.25) is 0 Å². The first-order valence-corrected chi connectivity index (χ1v) is 9.45. The van der Waals surface area contributed by atoms with E-state index in [0.29, 0.717) is 0 Å². The minimum absolute atomic E-state index is 0.0399. The quantitative estimate of drug-likeness (QED) is 0.496. The van der Waals surface area contributed by atoms with Gasteiger partial charge in [0.25, 0.3) is 5.91 Å². The van der Waals surface area contributed by atoms with Gasteiger partial charge in [-0.1, -0.05) is 42.8 Å². The summed E-state index contributed by atoms with van der Waals surface area (Å²) in [5.74, 6) is -2.35. The van der Waals surface area contributed by atoms with Crippen LogP contribution in [0.4, 0.5) is 18.9 Å². The first-order chi connectivity index (χ1) is 14.5. The van der Waals surface area contributed by atoms with Gasteiger partial charge in [-0.15, -0.1) is 0 Å². The molecule has 10 heteroatoms. The highest BCUT2D eigenvalue weighted by atomic mass is 35.5. The summed E-state index contributed by atoms with van der Waals surface area (Å²) in [6.07, 6.45) is -5.59. The van der Waals surface area contributed by atoms with Gasteiger partial charge in [0.1, 0.15) is 5.71 Å². The Balaban J connectivity index is 2.30. The molecule has 0 heterocycles. The minimum Gasteiger partial charge on any atom is -0.481 e. The summed E-state index contributed by atoms with van der Waals surface area (Å²) in [6.45, 7) is 1.37. The molecular formula is C21H19ClF3N3O3. The fraction of sp³-hybridized carbons (Fsp3) is 0.238. The first-order valence-electron chi connectivity index (χ1n) is 9.07. The van der Waals surface area contributed by atoms with Gasteiger partial charge < -0.3 is 15.8 Å². The van der Waals surface area contributed by atoms with E-state index < -0.39 is 36.1 Å². The van der Waals surface area contributed by atoms with Crippen LogP contribution < -0.4 is 5.32 Å². The van der Waals surface area contributed by atoms with Crippen molar-refractivity contribution in [1.82, 2.24) is 5.32 Å². The van der Waals surface area contributed by atoms with Crippen LogP contribution in [0, 0.1) is 11.3 Å². The number of carboxylic acids is 1. The molecule has 31 heavy (non-hydrogen) atoms. The number of benzene rings is 2. The Morgan fingerprint density at radius 1 is 1.13 bits per heavy atom. The van der Waals surface area contributed by atoms with Crippen molar-refractivity contribution in [2.24, 2.45) is 10.9 Å². The topological polar surface area (TPSA) is 103 Å². The van der Waals surface area contributed by atoms with Crippen molar-refractivity contribution in [2.75, 3.05) is 6.54 Å². The number of amides is 1. The van der Waals surface area contributed by atoms with Crippen LogP contribution >= 0.6 is 11.6 Å². The second-order valence-corrected chi connectivity index (χ2v) is 7.10. The van der Waals surface area contributed by atoms with Crippen molar-refractivity contribution in [3.8, 4) is 0 Å². The van der Waals surface area contributed by atoms with Crippen molar-refractivity contribution in [2.45, 2.75) is 19.5 Å². The molecule has 3 N–H and O–H groups in total. The zero-order valence-electron chi connectivity index (χ0n) is 16.3. The van der Waals surface area contributed by atoms with Crippen LogP contribution in [0.25, 0.3) is 0 Å². The van der Waals surface area contributed by atoms with E-state index in [1.807, 2.05) is 0 Å². The summed E-state index contributed by atoms with van der Waals surface area (Å²) >= 11 is 6.05. The Morgan fingerprint density at radius 2 is 1.71 bits per heavy atom. The largest absolute Gasteiger partial charge is 0.481 e. The zero-order valence-corrected chi connectivity index (χ0v) is 17.1. The Hall–Kier alpha value is -3.20. The zero-order chi connectivity index (χ0) is 23.2. The number of nitrogens with one attached hydrogen (secondary N) is 2. The van der Waals surface area contributed by atoms with Crippen molar-refractivity contribution in [3.63, 3.8) is 0 Å². The molecule has 1 amide bonds. The molecule has 0 aliphatic heterocycles. The maximum absolute atomic E-state index is 12.9. The monoisotopic (exact) mass is 453 g/mol. The predicted molar refractivity (Wildman–Crippen MR) is 112 cm³/mol. The summed E-state index contributed by atoms with van der Waals surface area (Å²) < 4.78 is 38.8. The minimum atomic E-state index is -4.80. The molecule has 2 aromatic carbocycles. The number of aliphatic carboxylic acids is 1. The molecule has 0 fully saturated rings. The number of para-hydroxylation sites is 1. The molecule has 1 unspecified atom stereocenters. The molecule has 0 saturated carbocycles. The second-order valence-electron chi connectivity index (χ2n) is 6.69. The summed E-state index contributed by atoms with van der Waals surface area (Å²) in [7, 11) is 0. The number of aliphatic imine (C=N–C) groups is 1. The van der Waals surface area contributed by atoms with Crippen LogP contribution in [-0.2, 0) is 4.79 Å². The summed E-state index contributed by atoms with van der Waals surface area (Å²) in [4.78, 5) is 27.2. The van der Waals surface area contributed by atoms with Gasteiger partial charge in [0, 0.05) is 18.5 Å². The van der Waals surface area contributed by atoms with E-state index >= 15 is 0 Å². The van der Waals surface area contributed by atoms with E-state index in [-0.39, 0.29) is 34.1 Å². The Kier molecular flexibility index (Phi) is 7.93. The molecule has 0 spiro atoms. The SMILES string of the molecule is CC(CNC(=O)c1ccc(C(CC(=N)C(F)(F)F)=Nc2ccccc2Cl)cc1)C(=O)O. The number of nitrogens with zero attached hydrogens (tertiary/aromatic N) is 1. The molecule has 0 aliphatic rings. The molecule has 1 atom stereocenters. The first kappa shape index (κ1) is 24.1. The maximum Gasteiger partial charge on any atom is 0.429 e. The standard InChI is InChI=1S/C21H19ClF3N3O3/c1-12(20(30)31)11-27-19(29)14-8-6-13(7-9-14)17(10-18(26)21(23,24)25)28-16-5-3-2-4-15(16)22/h2-9,12,26H,10-11H2,1H3,(H,27,29)(H,30,31). The fourth-order valence-electron chi connectivity index (χ4n) is 2.41. The van der Waals surface area contributed by atoms with E-state index in [1.54, 1.807) is 18.2 Å². The van der Waals surface area contributed by atoms with Crippen LogP contribution in [0.2, 0.25) is 5.02 Å². The summed E-state index contributed by atoms with van der Waals surface area (Å²) in [6, 6.07) is 11.9. The average molecular weight is 454 g/mol. The van der Waals surface area contributed by atoms with Crippen molar-refractivity contribution >= 4 is 40.6 Å². The molecule has 2 rings (SSSR count). The lowest BCUT2D eigenvalue weighted by molar-refractivity contribution is -0.140. The lowest BCUT2D eigenvalue weighted by Gasteiger charge is -2.12.